The standard InChI is InChI=1S/C27H32N2O3S/c1-4-5-9-23-14-16-25(17-15-23)28-27(30)20-29(19-24-10-7-6-8-11-24)33(31,32)26-18-21(2)12-13-22(26)3/h6-8,10-18H,4-5,9,19-20H2,1-3H3,(H,28,30). The number of hydrogen-bond donors (Lipinski definition) is 1. The summed E-state index contributed by atoms with van der Waals surface area (Å²) in [5.41, 5.74) is 4.20. The molecule has 0 aliphatic rings. The molecule has 174 valence electrons. The van der Waals surface area contributed by atoms with Crippen molar-refractivity contribution in [2.75, 3.05) is 11.9 Å². The second-order valence-electron chi connectivity index (χ2n) is 8.38. The first-order valence-electron chi connectivity index (χ1n) is 11.3. The van der Waals surface area contributed by atoms with E-state index in [0.717, 1.165) is 30.4 Å². The first kappa shape index (κ1) is 24.7. The molecular weight excluding hydrogens is 432 g/mol. The Morgan fingerprint density at radius 3 is 2.27 bits per heavy atom. The quantitative estimate of drug-likeness (QED) is 0.432. The average molecular weight is 465 g/mol. The molecule has 6 heteroatoms. The van der Waals surface area contributed by atoms with E-state index in [1.165, 1.54) is 9.87 Å². The van der Waals surface area contributed by atoms with Crippen LogP contribution >= 0.6 is 0 Å². The van der Waals surface area contributed by atoms with E-state index in [1.807, 2.05) is 67.6 Å². The molecule has 0 bridgehead atoms. The minimum atomic E-state index is -3.88. The third-order valence-corrected chi connectivity index (χ3v) is 7.47. The summed E-state index contributed by atoms with van der Waals surface area (Å²) in [4.78, 5) is 13.1. The minimum Gasteiger partial charge on any atom is -0.325 e. The number of amides is 1. The van der Waals surface area contributed by atoms with Crippen molar-refractivity contribution in [3.63, 3.8) is 0 Å². The summed E-state index contributed by atoms with van der Waals surface area (Å²) in [5.74, 6) is -0.374. The SMILES string of the molecule is CCCCc1ccc(NC(=O)CN(Cc2ccccc2)S(=O)(=O)c2cc(C)ccc2C)cc1. The van der Waals surface area contributed by atoms with Crippen LogP contribution in [0.2, 0.25) is 0 Å². The largest absolute Gasteiger partial charge is 0.325 e. The number of anilines is 1. The fourth-order valence-electron chi connectivity index (χ4n) is 3.63. The fourth-order valence-corrected chi connectivity index (χ4v) is 5.33. The third kappa shape index (κ3) is 6.76. The van der Waals surface area contributed by atoms with Gasteiger partial charge in [0.25, 0.3) is 0 Å². The van der Waals surface area contributed by atoms with Gasteiger partial charge in [0.15, 0.2) is 0 Å². The number of unbranched alkanes of at least 4 members (excludes halogenated alkanes) is 1. The molecule has 0 atom stereocenters. The van der Waals surface area contributed by atoms with Gasteiger partial charge in [-0.15, -0.1) is 0 Å². The maximum absolute atomic E-state index is 13.6. The highest BCUT2D eigenvalue weighted by molar-refractivity contribution is 7.89. The van der Waals surface area contributed by atoms with Crippen molar-refractivity contribution in [3.05, 3.63) is 95.1 Å². The topological polar surface area (TPSA) is 66.5 Å². The van der Waals surface area contributed by atoms with E-state index in [2.05, 4.69) is 12.2 Å². The van der Waals surface area contributed by atoms with E-state index in [4.69, 9.17) is 0 Å². The van der Waals surface area contributed by atoms with Crippen molar-refractivity contribution in [1.29, 1.82) is 0 Å². The Hall–Kier alpha value is -2.96. The number of sulfonamides is 1. The Labute approximate surface area is 197 Å². The summed E-state index contributed by atoms with van der Waals surface area (Å²) in [6, 6.07) is 22.4. The molecule has 1 N–H and O–H groups in total. The molecule has 0 fully saturated rings. The number of carbonyl (C=O) groups excluding carboxylic acids is 1. The number of nitrogens with one attached hydrogen (secondary N) is 1. The lowest BCUT2D eigenvalue weighted by molar-refractivity contribution is -0.116. The van der Waals surface area contributed by atoms with Crippen LogP contribution in [0.4, 0.5) is 5.69 Å². The number of aryl methyl sites for hydroxylation is 3. The van der Waals surface area contributed by atoms with Crippen LogP contribution in [0, 0.1) is 13.8 Å². The van der Waals surface area contributed by atoms with E-state index in [-0.39, 0.29) is 23.9 Å². The number of rotatable bonds is 10. The van der Waals surface area contributed by atoms with E-state index >= 15 is 0 Å². The summed E-state index contributed by atoms with van der Waals surface area (Å²) in [6.07, 6.45) is 3.25. The second kappa shape index (κ2) is 11.3. The zero-order valence-corrected chi connectivity index (χ0v) is 20.4. The van der Waals surface area contributed by atoms with Crippen molar-refractivity contribution in [1.82, 2.24) is 4.31 Å². The molecule has 0 saturated carbocycles. The zero-order chi connectivity index (χ0) is 23.8. The monoisotopic (exact) mass is 464 g/mol. The van der Waals surface area contributed by atoms with E-state index in [1.54, 1.807) is 19.1 Å². The van der Waals surface area contributed by atoms with Crippen LogP contribution in [0.1, 0.15) is 42.0 Å². The molecule has 3 rings (SSSR count). The molecule has 0 heterocycles. The van der Waals surface area contributed by atoms with Gasteiger partial charge in [0.05, 0.1) is 11.4 Å². The third-order valence-electron chi connectivity index (χ3n) is 5.54. The van der Waals surface area contributed by atoms with Crippen LogP contribution in [0.15, 0.2) is 77.7 Å². The molecule has 1 amide bonds. The molecule has 0 saturated heterocycles. The molecule has 3 aromatic rings. The first-order chi connectivity index (χ1) is 15.8. The Balaban J connectivity index is 1.82. The summed E-state index contributed by atoms with van der Waals surface area (Å²) in [7, 11) is -3.88. The second-order valence-corrected chi connectivity index (χ2v) is 10.3. The number of nitrogens with zero attached hydrogens (tertiary/aromatic N) is 1. The van der Waals surface area contributed by atoms with Crippen molar-refractivity contribution in [2.45, 2.75) is 51.5 Å². The van der Waals surface area contributed by atoms with Crippen LogP contribution in [0.25, 0.3) is 0 Å². The van der Waals surface area contributed by atoms with Gasteiger partial charge in [-0.2, -0.15) is 4.31 Å². The molecule has 3 aromatic carbocycles. The van der Waals surface area contributed by atoms with Crippen molar-refractivity contribution >= 4 is 21.6 Å². The van der Waals surface area contributed by atoms with E-state index in [0.29, 0.717) is 11.3 Å². The average Bonchev–Trinajstić information content (AvgIpc) is 2.80. The highest BCUT2D eigenvalue weighted by atomic mass is 32.2. The predicted octanol–water partition coefficient (Wildman–Crippen LogP) is 5.48. The molecular formula is C27H32N2O3S. The summed E-state index contributed by atoms with van der Waals surface area (Å²) in [5, 5.41) is 2.85. The van der Waals surface area contributed by atoms with E-state index in [9.17, 15) is 13.2 Å². The lowest BCUT2D eigenvalue weighted by atomic mass is 10.1. The van der Waals surface area contributed by atoms with Crippen molar-refractivity contribution in [2.24, 2.45) is 0 Å². The van der Waals surface area contributed by atoms with Crippen LogP contribution in [-0.2, 0) is 27.8 Å². The zero-order valence-electron chi connectivity index (χ0n) is 19.5. The number of carbonyl (C=O) groups is 1. The summed E-state index contributed by atoms with van der Waals surface area (Å²) in [6.45, 7) is 5.62. The van der Waals surface area contributed by atoms with Gasteiger partial charge < -0.3 is 5.32 Å². The van der Waals surface area contributed by atoms with Gasteiger partial charge in [-0.25, -0.2) is 8.42 Å². The Morgan fingerprint density at radius 2 is 1.61 bits per heavy atom. The lowest BCUT2D eigenvalue weighted by Crippen LogP contribution is -2.37. The van der Waals surface area contributed by atoms with Gasteiger partial charge in [0.2, 0.25) is 15.9 Å². The highest BCUT2D eigenvalue weighted by Gasteiger charge is 2.28. The maximum Gasteiger partial charge on any atom is 0.244 e. The van der Waals surface area contributed by atoms with Gasteiger partial charge in [-0.05, 0) is 67.1 Å². The van der Waals surface area contributed by atoms with E-state index < -0.39 is 10.0 Å². The fraction of sp³-hybridized carbons (Fsp3) is 0.296. The molecule has 0 aliphatic carbocycles. The van der Waals surface area contributed by atoms with Gasteiger partial charge >= 0.3 is 0 Å². The lowest BCUT2D eigenvalue weighted by Gasteiger charge is -2.23. The van der Waals surface area contributed by atoms with Crippen LogP contribution in [0.5, 0.6) is 0 Å². The van der Waals surface area contributed by atoms with Crippen LogP contribution in [0.3, 0.4) is 0 Å². The number of benzene rings is 3. The summed E-state index contributed by atoms with van der Waals surface area (Å²) >= 11 is 0. The first-order valence-corrected chi connectivity index (χ1v) is 12.7. The van der Waals surface area contributed by atoms with Crippen molar-refractivity contribution in [3.8, 4) is 0 Å². The maximum atomic E-state index is 13.6. The summed E-state index contributed by atoms with van der Waals surface area (Å²) < 4.78 is 28.4. The molecule has 0 radical (unpaired) electrons. The predicted molar refractivity (Wildman–Crippen MR) is 134 cm³/mol. The Kier molecular flexibility index (Phi) is 8.42. The molecule has 0 spiro atoms. The minimum absolute atomic E-state index is 0.111. The molecule has 5 nitrogen and oxygen atoms in total. The van der Waals surface area contributed by atoms with Gasteiger partial charge in [0, 0.05) is 12.2 Å². The normalized spacial score (nSPS) is 11.5. The highest BCUT2D eigenvalue weighted by Crippen LogP contribution is 2.23. The molecule has 0 aliphatic heterocycles. The smallest absolute Gasteiger partial charge is 0.244 e. The van der Waals surface area contributed by atoms with Gasteiger partial charge in [0.1, 0.15) is 0 Å². The molecule has 0 aromatic heterocycles. The molecule has 33 heavy (non-hydrogen) atoms. The Morgan fingerprint density at radius 1 is 0.909 bits per heavy atom. The number of hydrogen-bond acceptors (Lipinski definition) is 3. The van der Waals surface area contributed by atoms with Crippen LogP contribution < -0.4 is 5.32 Å². The van der Waals surface area contributed by atoms with Crippen LogP contribution in [-0.4, -0.2) is 25.2 Å². The van der Waals surface area contributed by atoms with Gasteiger partial charge in [-0.3, -0.25) is 4.79 Å². The Bertz CT molecular complexity index is 1170. The van der Waals surface area contributed by atoms with Gasteiger partial charge in [-0.1, -0.05) is 67.9 Å². The molecule has 0 unspecified atom stereocenters. The van der Waals surface area contributed by atoms with Crippen molar-refractivity contribution < 1.29 is 13.2 Å².